The predicted octanol–water partition coefficient (Wildman–Crippen LogP) is 2.52. The summed E-state index contributed by atoms with van der Waals surface area (Å²) in [5, 5.41) is 13.0. The molecule has 1 saturated carbocycles. The van der Waals surface area contributed by atoms with E-state index in [-0.39, 0.29) is 29.7 Å². The first-order chi connectivity index (χ1) is 13.8. The van der Waals surface area contributed by atoms with Gasteiger partial charge in [-0.25, -0.2) is 4.98 Å². The zero-order valence-corrected chi connectivity index (χ0v) is 15.6. The normalized spacial score (nSPS) is 19.8. The third-order valence-corrected chi connectivity index (χ3v) is 5.22. The number of anilines is 1. The zero-order chi connectivity index (χ0) is 20.8. The van der Waals surface area contributed by atoms with E-state index in [1.54, 1.807) is 30.3 Å². The number of hydrogen-bond donors (Lipinski definition) is 2. The quantitative estimate of drug-likeness (QED) is 0.694. The molecule has 2 aromatic heterocycles. The van der Waals surface area contributed by atoms with Crippen molar-refractivity contribution < 1.29 is 18.3 Å². The minimum Gasteiger partial charge on any atom is -0.391 e. The van der Waals surface area contributed by atoms with Gasteiger partial charge in [0.25, 0.3) is 5.56 Å². The number of nitrogens with zero attached hydrogens (tertiary/aromatic N) is 4. The van der Waals surface area contributed by atoms with Crippen LogP contribution in [-0.4, -0.2) is 36.4 Å². The number of imidazole rings is 1. The van der Waals surface area contributed by atoms with Crippen molar-refractivity contribution in [1.82, 2.24) is 19.1 Å². The van der Waals surface area contributed by atoms with Gasteiger partial charge >= 0.3 is 6.18 Å². The molecule has 3 aromatic rings. The molecule has 2 atom stereocenters. The van der Waals surface area contributed by atoms with Crippen LogP contribution in [0.5, 0.6) is 0 Å². The van der Waals surface area contributed by atoms with Gasteiger partial charge in [0, 0.05) is 13.6 Å². The second kappa shape index (κ2) is 7.18. The molecule has 0 spiro atoms. The number of nitrogens with one attached hydrogen (secondary N) is 1. The number of alkyl halides is 3. The van der Waals surface area contributed by atoms with E-state index in [9.17, 15) is 23.1 Å². The maximum Gasteiger partial charge on any atom is 0.449 e. The molecular weight excluding hydrogens is 387 g/mol. The van der Waals surface area contributed by atoms with Crippen molar-refractivity contribution in [3.63, 3.8) is 0 Å². The predicted molar refractivity (Wildman–Crippen MR) is 101 cm³/mol. The number of benzene rings is 1. The number of hydrogen-bond acceptors (Lipinski definition) is 5. The van der Waals surface area contributed by atoms with Crippen LogP contribution >= 0.6 is 0 Å². The Morgan fingerprint density at radius 2 is 1.93 bits per heavy atom. The molecule has 2 N–H and O–H groups in total. The van der Waals surface area contributed by atoms with Crippen molar-refractivity contribution in [3.05, 3.63) is 52.1 Å². The van der Waals surface area contributed by atoms with Gasteiger partial charge in [0.2, 0.25) is 11.8 Å². The van der Waals surface area contributed by atoms with Gasteiger partial charge in [-0.2, -0.15) is 18.2 Å². The van der Waals surface area contributed by atoms with Crippen molar-refractivity contribution in [1.29, 1.82) is 0 Å². The molecule has 1 fully saturated rings. The monoisotopic (exact) mass is 407 g/mol. The van der Waals surface area contributed by atoms with Gasteiger partial charge in [0.1, 0.15) is 0 Å². The summed E-state index contributed by atoms with van der Waals surface area (Å²) in [5.74, 6) is -1.08. The topological polar surface area (TPSA) is 85.0 Å². The first-order valence-corrected chi connectivity index (χ1v) is 9.28. The summed E-state index contributed by atoms with van der Waals surface area (Å²) < 4.78 is 42.9. The lowest BCUT2D eigenvalue weighted by Gasteiger charge is -2.18. The lowest BCUT2D eigenvalue weighted by Crippen LogP contribution is -2.32. The summed E-state index contributed by atoms with van der Waals surface area (Å²) >= 11 is 0. The lowest BCUT2D eigenvalue weighted by molar-refractivity contribution is -0.146. The maximum atomic E-state index is 13.6. The van der Waals surface area contributed by atoms with Gasteiger partial charge in [-0.1, -0.05) is 30.3 Å². The fraction of sp³-hybridized carbons (Fsp3) is 0.421. The molecule has 0 amide bonds. The van der Waals surface area contributed by atoms with Gasteiger partial charge in [-0.15, -0.1) is 0 Å². The largest absolute Gasteiger partial charge is 0.449 e. The first-order valence-electron chi connectivity index (χ1n) is 9.28. The number of rotatable bonds is 4. The highest BCUT2D eigenvalue weighted by molar-refractivity contribution is 5.72. The summed E-state index contributed by atoms with van der Waals surface area (Å²) in [6, 6.07) is 8.25. The summed E-state index contributed by atoms with van der Waals surface area (Å²) in [6.07, 6.45) is -3.21. The molecule has 1 aliphatic carbocycles. The molecule has 154 valence electrons. The zero-order valence-electron chi connectivity index (χ0n) is 15.6. The van der Waals surface area contributed by atoms with Crippen LogP contribution in [-0.2, 0) is 19.8 Å². The minimum absolute atomic E-state index is 0.0894. The molecule has 10 heteroatoms. The molecular formula is C19H20F3N5O2. The molecule has 0 saturated heterocycles. The molecule has 2 heterocycles. The summed E-state index contributed by atoms with van der Waals surface area (Å²) in [7, 11) is 1.44. The Labute approximate surface area is 163 Å². The first kappa shape index (κ1) is 19.4. The van der Waals surface area contributed by atoms with Gasteiger partial charge in [0.05, 0.1) is 12.1 Å². The van der Waals surface area contributed by atoms with E-state index in [1.165, 1.54) is 7.05 Å². The average molecular weight is 407 g/mol. The third kappa shape index (κ3) is 3.59. The minimum atomic E-state index is -4.74. The Morgan fingerprint density at radius 3 is 2.55 bits per heavy atom. The Kier molecular flexibility index (Phi) is 4.81. The van der Waals surface area contributed by atoms with Gasteiger partial charge in [-0.05, 0) is 24.8 Å². The van der Waals surface area contributed by atoms with Gasteiger partial charge < -0.3 is 15.0 Å². The standard InChI is InChI=1S/C19H20F3N5O2/c1-26-16(29)14-15(25-18(26)23-12-8-5-9-13(12)28)24-17(19(20,21)22)27(14)10-11-6-3-2-4-7-11/h2-4,6-7,12-13,28H,5,8-10H2,1H3,(H,23,25). The second-order valence-electron chi connectivity index (χ2n) is 7.23. The number of fused-ring (bicyclic) bond motifs is 1. The molecule has 2 unspecified atom stereocenters. The van der Waals surface area contributed by atoms with Crippen LogP contribution < -0.4 is 10.9 Å². The van der Waals surface area contributed by atoms with Crippen molar-refractivity contribution in [3.8, 4) is 0 Å². The number of aliphatic hydroxyl groups is 1. The molecule has 1 aromatic carbocycles. The number of halogens is 3. The fourth-order valence-corrected chi connectivity index (χ4v) is 3.70. The maximum absolute atomic E-state index is 13.6. The SMILES string of the molecule is Cn1c(NC2CCCC2O)nc2nc(C(F)(F)F)n(Cc3ccccc3)c2c1=O. The van der Waals surface area contributed by atoms with Crippen molar-refractivity contribution >= 4 is 17.1 Å². The van der Waals surface area contributed by atoms with Crippen LogP contribution in [0.15, 0.2) is 35.1 Å². The average Bonchev–Trinajstić information content (AvgIpc) is 3.24. The van der Waals surface area contributed by atoms with E-state index in [4.69, 9.17) is 0 Å². The van der Waals surface area contributed by atoms with Crippen LogP contribution in [0, 0.1) is 0 Å². The number of aromatic nitrogens is 4. The summed E-state index contributed by atoms with van der Waals surface area (Å²) in [5.41, 5.74) is -0.507. The number of aliphatic hydroxyl groups excluding tert-OH is 1. The lowest BCUT2D eigenvalue weighted by atomic mass is 10.2. The van der Waals surface area contributed by atoms with Crippen LogP contribution in [0.25, 0.3) is 11.2 Å². The summed E-state index contributed by atoms with van der Waals surface area (Å²) in [4.78, 5) is 20.8. The highest BCUT2D eigenvalue weighted by atomic mass is 19.4. The van der Waals surface area contributed by atoms with Crippen LogP contribution in [0.2, 0.25) is 0 Å². The van der Waals surface area contributed by atoms with E-state index in [0.29, 0.717) is 18.4 Å². The molecule has 0 radical (unpaired) electrons. The van der Waals surface area contributed by atoms with Crippen molar-refractivity contribution in [2.45, 2.75) is 44.1 Å². The van der Waals surface area contributed by atoms with Crippen molar-refractivity contribution in [2.24, 2.45) is 7.05 Å². The van der Waals surface area contributed by atoms with Gasteiger partial charge in [-0.3, -0.25) is 9.36 Å². The Bertz CT molecular complexity index is 1090. The van der Waals surface area contributed by atoms with E-state index in [1.807, 2.05) is 0 Å². The second-order valence-corrected chi connectivity index (χ2v) is 7.23. The van der Waals surface area contributed by atoms with Crippen molar-refractivity contribution in [2.75, 3.05) is 5.32 Å². The fourth-order valence-electron chi connectivity index (χ4n) is 3.70. The van der Waals surface area contributed by atoms with E-state index >= 15 is 0 Å². The molecule has 7 nitrogen and oxygen atoms in total. The third-order valence-electron chi connectivity index (χ3n) is 5.22. The molecule has 4 rings (SSSR count). The van der Waals surface area contributed by atoms with E-state index in [2.05, 4.69) is 15.3 Å². The highest BCUT2D eigenvalue weighted by Crippen LogP contribution is 2.31. The van der Waals surface area contributed by atoms with Crippen LogP contribution in [0.3, 0.4) is 0 Å². The molecule has 29 heavy (non-hydrogen) atoms. The molecule has 0 bridgehead atoms. The Balaban J connectivity index is 1.85. The molecule has 0 aliphatic heterocycles. The summed E-state index contributed by atoms with van der Waals surface area (Å²) in [6.45, 7) is -0.156. The van der Waals surface area contributed by atoms with Gasteiger partial charge in [0.15, 0.2) is 11.2 Å². The highest BCUT2D eigenvalue weighted by Gasteiger charge is 2.39. The van der Waals surface area contributed by atoms with Crippen LogP contribution in [0.4, 0.5) is 19.1 Å². The Morgan fingerprint density at radius 1 is 1.21 bits per heavy atom. The Hall–Kier alpha value is -2.88. The smallest absolute Gasteiger partial charge is 0.391 e. The van der Waals surface area contributed by atoms with Crippen LogP contribution in [0.1, 0.15) is 30.7 Å². The molecule has 1 aliphatic rings. The van der Waals surface area contributed by atoms with E-state index < -0.39 is 23.7 Å². The van der Waals surface area contributed by atoms with E-state index in [0.717, 1.165) is 15.6 Å².